The summed E-state index contributed by atoms with van der Waals surface area (Å²) in [5, 5.41) is 0. The van der Waals surface area contributed by atoms with Crippen LogP contribution in [-0.4, -0.2) is 57.4 Å². The van der Waals surface area contributed by atoms with Gasteiger partial charge in [-0.15, -0.1) is 0 Å². The van der Waals surface area contributed by atoms with Crippen molar-refractivity contribution >= 4 is 36.0 Å². The molecule has 118 valence electrons. The second-order valence-corrected chi connectivity index (χ2v) is 9.77. The van der Waals surface area contributed by atoms with Crippen molar-refractivity contribution in [3.63, 3.8) is 0 Å². The van der Waals surface area contributed by atoms with E-state index >= 15 is 0 Å². The quantitative estimate of drug-likeness (QED) is 0.763. The summed E-state index contributed by atoms with van der Waals surface area (Å²) in [6.07, 6.45) is 0. The van der Waals surface area contributed by atoms with Crippen molar-refractivity contribution in [2.45, 2.75) is 11.8 Å². The van der Waals surface area contributed by atoms with E-state index in [9.17, 15) is 16.8 Å². The molecular weight excluding hydrogens is 380 g/mol. The number of benzene rings is 1. The largest absolute Gasteiger partial charge is 0.243 e. The van der Waals surface area contributed by atoms with Gasteiger partial charge in [-0.2, -0.15) is 8.61 Å². The molecule has 0 radical (unpaired) electrons. The fourth-order valence-electron chi connectivity index (χ4n) is 2.15. The molecule has 0 aromatic heterocycles. The molecule has 2 rings (SSSR count). The summed E-state index contributed by atoms with van der Waals surface area (Å²) in [5.41, 5.74) is 0. The van der Waals surface area contributed by atoms with E-state index in [2.05, 4.69) is 15.9 Å². The van der Waals surface area contributed by atoms with E-state index < -0.39 is 20.0 Å². The Kier molecular flexibility index (Phi) is 5.09. The van der Waals surface area contributed by atoms with E-state index in [4.69, 9.17) is 0 Å². The Hall–Kier alpha value is -0.480. The molecule has 0 N–H and O–H groups in total. The number of piperazine rings is 1. The van der Waals surface area contributed by atoms with Crippen LogP contribution in [0.15, 0.2) is 33.6 Å². The Morgan fingerprint density at radius 3 is 2.14 bits per heavy atom. The summed E-state index contributed by atoms with van der Waals surface area (Å²) in [6, 6.07) is 6.50. The van der Waals surface area contributed by atoms with Gasteiger partial charge < -0.3 is 0 Å². The van der Waals surface area contributed by atoms with Crippen LogP contribution in [0.1, 0.15) is 6.92 Å². The van der Waals surface area contributed by atoms with E-state index in [-0.39, 0.29) is 36.8 Å². The maximum absolute atomic E-state index is 12.5. The Bertz CT molecular complexity index is 711. The number of rotatable bonds is 4. The number of hydrogen-bond donors (Lipinski definition) is 0. The van der Waals surface area contributed by atoms with Crippen LogP contribution in [0.25, 0.3) is 0 Å². The molecule has 1 heterocycles. The summed E-state index contributed by atoms with van der Waals surface area (Å²) in [5.74, 6) is 0.0331. The summed E-state index contributed by atoms with van der Waals surface area (Å²) in [4.78, 5) is 0.212. The first kappa shape index (κ1) is 16.9. The monoisotopic (exact) mass is 396 g/mol. The van der Waals surface area contributed by atoms with Crippen molar-refractivity contribution in [3.05, 3.63) is 28.7 Å². The first-order valence-corrected chi connectivity index (χ1v) is 10.3. The van der Waals surface area contributed by atoms with E-state index in [0.29, 0.717) is 4.47 Å². The third-order valence-corrected chi connectivity index (χ3v) is 7.66. The summed E-state index contributed by atoms with van der Waals surface area (Å²) in [7, 11) is -6.84. The molecule has 6 nitrogen and oxygen atoms in total. The van der Waals surface area contributed by atoms with E-state index in [1.807, 2.05) is 0 Å². The standard InChI is InChI=1S/C12H17BrN2O4S2/c1-2-20(16,17)14-6-8-15(9-7-14)21(18,19)12-5-3-4-11(13)10-12/h3-5,10H,2,6-9H2,1H3. The van der Waals surface area contributed by atoms with Gasteiger partial charge in [0.2, 0.25) is 20.0 Å². The molecule has 1 aromatic rings. The fourth-order valence-corrected chi connectivity index (χ4v) is 5.25. The second kappa shape index (κ2) is 6.33. The van der Waals surface area contributed by atoms with Gasteiger partial charge in [-0.3, -0.25) is 0 Å². The minimum absolute atomic E-state index is 0.0331. The lowest BCUT2D eigenvalue weighted by atomic mass is 10.4. The molecule has 0 spiro atoms. The van der Waals surface area contributed by atoms with Crippen LogP contribution in [0, 0.1) is 0 Å². The molecule has 0 atom stereocenters. The Morgan fingerprint density at radius 2 is 1.62 bits per heavy atom. The van der Waals surface area contributed by atoms with Gasteiger partial charge >= 0.3 is 0 Å². The lowest BCUT2D eigenvalue weighted by Gasteiger charge is -2.33. The topological polar surface area (TPSA) is 74.8 Å². The normalized spacial score (nSPS) is 18.8. The van der Waals surface area contributed by atoms with Gasteiger partial charge in [0.05, 0.1) is 10.6 Å². The van der Waals surface area contributed by atoms with Crippen LogP contribution < -0.4 is 0 Å². The van der Waals surface area contributed by atoms with Crippen molar-refractivity contribution in [1.82, 2.24) is 8.61 Å². The Balaban J connectivity index is 2.15. The van der Waals surface area contributed by atoms with Crippen LogP contribution in [0.5, 0.6) is 0 Å². The van der Waals surface area contributed by atoms with Gasteiger partial charge in [0.25, 0.3) is 0 Å². The highest BCUT2D eigenvalue weighted by atomic mass is 79.9. The molecule has 1 fully saturated rings. The molecule has 1 aliphatic rings. The van der Waals surface area contributed by atoms with Gasteiger partial charge in [-0.1, -0.05) is 22.0 Å². The summed E-state index contributed by atoms with van der Waals surface area (Å²) in [6.45, 7) is 2.33. The smallest absolute Gasteiger partial charge is 0.212 e. The predicted octanol–water partition coefficient (Wildman–Crippen LogP) is 1.11. The molecule has 1 aromatic carbocycles. The van der Waals surface area contributed by atoms with Crippen molar-refractivity contribution in [3.8, 4) is 0 Å². The van der Waals surface area contributed by atoms with E-state index in [1.54, 1.807) is 25.1 Å². The zero-order valence-corrected chi connectivity index (χ0v) is 14.8. The fraction of sp³-hybridized carbons (Fsp3) is 0.500. The van der Waals surface area contributed by atoms with Crippen LogP contribution in [0.3, 0.4) is 0 Å². The van der Waals surface area contributed by atoms with E-state index in [1.165, 1.54) is 14.7 Å². The first-order valence-electron chi connectivity index (χ1n) is 6.51. The molecule has 1 saturated heterocycles. The number of nitrogens with zero attached hydrogens (tertiary/aromatic N) is 2. The Morgan fingerprint density at radius 1 is 1.05 bits per heavy atom. The zero-order valence-electron chi connectivity index (χ0n) is 11.6. The first-order chi connectivity index (χ1) is 9.77. The van der Waals surface area contributed by atoms with Crippen molar-refractivity contribution in [2.75, 3.05) is 31.9 Å². The highest BCUT2D eigenvalue weighted by Crippen LogP contribution is 2.21. The molecule has 0 amide bonds. The predicted molar refractivity (Wildman–Crippen MR) is 83.9 cm³/mol. The van der Waals surface area contributed by atoms with Crippen molar-refractivity contribution in [1.29, 1.82) is 0 Å². The van der Waals surface area contributed by atoms with Gasteiger partial charge in [0.15, 0.2) is 0 Å². The number of hydrogen-bond acceptors (Lipinski definition) is 4. The third-order valence-electron chi connectivity index (χ3n) is 3.39. The number of sulfonamides is 2. The molecule has 0 aliphatic carbocycles. The lowest BCUT2D eigenvalue weighted by molar-refractivity contribution is 0.273. The van der Waals surface area contributed by atoms with Gasteiger partial charge in [-0.05, 0) is 25.1 Å². The van der Waals surface area contributed by atoms with Crippen molar-refractivity contribution in [2.24, 2.45) is 0 Å². The zero-order chi connectivity index (χ0) is 15.7. The average molecular weight is 397 g/mol. The highest BCUT2D eigenvalue weighted by molar-refractivity contribution is 9.10. The minimum Gasteiger partial charge on any atom is -0.212 e. The van der Waals surface area contributed by atoms with Gasteiger partial charge in [0, 0.05) is 30.7 Å². The SMILES string of the molecule is CCS(=O)(=O)N1CCN(S(=O)(=O)c2cccc(Br)c2)CC1. The summed E-state index contributed by atoms with van der Waals surface area (Å²) < 4.78 is 51.9. The maximum Gasteiger partial charge on any atom is 0.243 e. The molecule has 0 saturated carbocycles. The minimum atomic E-state index is -3.58. The summed E-state index contributed by atoms with van der Waals surface area (Å²) >= 11 is 3.25. The molecular formula is C12H17BrN2O4S2. The molecule has 0 bridgehead atoms. The Labute approximate surface area is 134 Å². The molecule has 21 heavy (non-hydrogen) atoms. The van der Waals surface area contributed by atoms with Crippen LogP contribution in [-0.2, 0) is 20.0 Å². The van der Waals surface area contributed by atoms with Crippen LogP contribution >= 0.6 is 15.9 Å². The molecule has 9 heteroatoms. The van der Waals surface area contributed by atoms with Crippen LogP contribution in [0.2, 0.25) is 0 Å². The number of halogens is 1. The van der Waals surface area contributed by atoms with Gasteiger partial charge in [0.1, 0.15) is 0 Å². The molecule has 0 unspecified atom stereocenters. The van der Waals surface area contributed by atoms with Crippen molar-refractivity contribution < 1.29 is 16.8 Å². The van der Waals surface area contributed by atoms with Gasteiger partial charge in [-0.25, -0.2) is 16.8 Å². The molecule has 1 aliphatic heterocycles. The highest BCUT2D eigenvalue weighted by Gasteiger charge is 2.32. The average Bonchev–Trinajstić information content (AvgIpc) is 2.47. The van der Waals surface area contributed by atoms with E-state index in [0.717, 1.165) is 0 Å². The maximum atomic E-state index is 12.5. The third kappa shape index (κ3) is 3.65. The second-order valence-electron chi connectivity index (χ2n) is 4.66. The lowest BCUT2D eigenvalue weighted by Crippen LogP contribution is -2.50. The van der Waals surface area contributed by atoms with Crippen LogP contribution in [0.4, 0.5) is 0 Å².